The molecule has 2 aromatic carbocycles. The Hall–Kier alpha value is -3.21. The van der Waals surface area contributed by atoms with Crippen LogP contribution in [0.2, 0.25) is 0 Å². The van der Waals surface area contributed by atoms with E-state index in [1.807, 2.05) is 4.90 Å². The van der Waals surface area contributed by atoms with E-state index in [2.05, 4.69) is 15.3 Å². The van der Waals surface area contributed by atoms with E-state index in [0.29, 0.717) is 32.0 Å². The number of carbonyl (C=O) groups excluding carboxylic acids is 1. The molecule has 1 aliphatic rings. The van der Waals surface area contributed by atoms with Crippen LogP contribution in [-0.4, -0.2) is 42.2 Å². The van der Waals surface area contributed by atoms with E-state index in [1.165, 1.54) is 24.3 Å². The minimum absolute atomic E-state index is 0.000276. The second-order valence-electron chi connectivity index (χ2n) is 6.94. The van der Waals surface area contributed by atoms with Gasteiger partial charge in [-0.3, -0.25) is 4.79 Å². The van der Waals surface area contributed by atoms with Crippen LogP contribution in [-0.2, 0) is 10.9 Å². The Kier molecular flexibility index (Phi) is 5.52. The van der Waals surface area contributed by atoms with E-state index >= 15 is 0 Å². The summed E-state index contributed by atoms with van der Waals surface area (Å²) in [6.45, 7) is 1.75. The van der Waals surface area contributed by atoms with Crippen molar-refractivity contribution < 1.29 is 31.5 Å². The van der Waals surface area contributed by atoms with Crippen LogP contribution in [0.4, 0.5) is 33.3 Å². The van der Waals surface area contributed by atoms with Crippen LogP contribution < -0.4 is 10.2 Å². The molecule has 0 radical (unpaired) electrons. The Morgan fingerprint density at radius 3 is 2.55 bits per heavy atom. The number of ether oxygens (including phenoxy) is 1. The van der Waals surface area contributed by atoms with Gasteiger partial charge >= 0.3 is 6.18 Å². The zero-order valence-electron chi connectivity index (χ0n) is 16.0. The molecule has 0 saturated carbocycles. The zero-order valence-corrected chi connectivity index (χ0v) is 16.0. The number of aromatic nitrogens is 2. The Morgan fingerprint density at radius 1 is 1.13 bits per heavy atom. The third kappa shape index (κ3) is 4.46. The van der Waals surface area contributed by atoms with Crippen molar-refractivity contribution in [2.45, 2.75) is 12.6 Å². The topological polar surface area (TPSA) is 70.2 Å². The molecule has 1 aliphatic heterocycles. The number of carbonyl (C=O) groups is 1. The molecule has 2 heterocycles. The molecule has 0 atom stereocenters. The molecule has 0 spiro atoms. The van der Waals surface area contributed by atoms with Crippen LogP contribution in [0.25, 0.3) is 11.0 Å². The summed E-state index contributed by atoms with van der Waals surface area (Å²) in [5, 5.41) is 2.53. The molecule has 3 aromatic rings. The minimum atomic E-state index is -4.58. The largest absolute Gasteiger partial charge is 0.416 e. The first-order chi connectivity index (χ1) is 14.7. The van der Waals surface area contributed by atoms with Gasteiger partial charge in [-0.1, -0.05) is 0 Å². The maximum absolute atomic E-state index is 13.2. The van der Waals surface area contributed by atoms with E-state index in [0.717, 1.165) is 12.1 Å². The predicted molar refractivity (Wildman–Crippen MR) is 103 cm³/mol. The van der Waals surface area contributed by atoms with Gasteiger partial charge in [0.2, 0.25) is 0 Å². The number of fused-ring (bicyclic) bond motifs is 1. The maximum atomic E-state index is 13.2. The van der Waals surface area contributed by atoms with Crippen LogP contribution in [0.3, 0.4) is 0 Å². The summed E-state index contributed by atoms with van der Waals surface area (Å²) in [7, 11) is 0. The molecule has 1 saturated heterocycles. The number of nitrogens with one attached hydrogen (secondary N) is 2. The number of anilines is 2. The lowest BCUT2D eigenvalue weighted by molar-refractivity contribution is -0.137. The lowest BCUT2D eigenvalue weighted by Gasteiger charge is -2.31. The van der Waals surface area contributed by atoms with E-state index in [1.54, 1.807) is 0 Å². The van der Waals surface area contributed by atoms with E-state index in [-0.39, 0.29) is 22.3 Å². The standard InChI is InChI=1S/C20H17F5N4O2/c21-17(22)18-26-13-3-1-11(9-14(13)27-18)19(30)28-15-10-12(20(23,24)25)2-4-16(15)29-5-7-31-8-6-29/h1-4,9-10,17H,5-8H2,(H,26,27)(H,28,30). The molecule has 1 aromatic heterocycles. The molecule has 6 nitrogen and oxygen atoms in total. The van der Waals surface area contributed by atoms with Crippen molar-refractivity contribution in [1.82, 2.24) is 9.97 Å². The fraction of sp³-hybridized carbons (Fsp3) is 0.300. The SMILES string of the molecule is O=C(Nc1cc(C(F)(F)F)ccc1N1CCOCC1)c1ccc2nc(C(F)F)[nH]c2c1. The van der Waals surface area contributed by atoms with Gasteiger partial charge in [0.25, 0.3) is 12.3 Å². The van der Waals surface area contributed by atoms with Crippen LogP contribution in [0.15, 0.2) is 36.4 Å². The Balaban J connectivity index is 1.66. The first kappa shape index (κ1) is 21.0. The molecular weight excluding hydrogens is 423 g/mol. The number of amides is 1. The molecular formula is C20H17F5N4O2. The summed E-state index contributed by atoms with van der Waals surface area (Å²) in [4.78, 5) is 20.8. The number of halogens is 5. The van der Waals surface area contributed by atoms with Crippen LogP contribution >= 0.6 is 0 Å². The fourth-order valence-electron chi connectivity index (χ4n) is 3.36. The number of nitrogens with zero attached hydrogens (tertiary/aromatic N) is 2. The van der Waals surface area contributed by atoms with Gasteiger partial charge in [0.15, 0.2) is 5.82 Å². The van der Waals surface area contributed by atoms with Crippen molar-refractivity contribution in [3.8, 4) is 0 Å². The summed E-state index contributed by atoms with van der Waals surface area (Å²) in [5.74, 6) is -1.20. The van der Waals surface area contributed by atoms with Crippen LogP contribution in [0.1, 0.15) is 28.2 Å². The van der Waals surface area contributed by atoms with Crippen molar-refractivity contribution >= 4 is 28.3 Å². The minimum Gasteiger partial charge on any atom is -0.378 e. The van der Waals surface area contributed by atoms with Gasteiger partial charge in [-0.2, -0.15) is 13.2 Å². The Labute approximate surface area is 173 Å². The zero-order chi connectivity index (χ0) is 22.2. The number of alkyl halides is 5. The van der Waals surface area contributed by atoms with Crippen molar-refractivity contribution in [2.75, 3.05) is 36.5 Å². The van der Waals surface area contributed by atoms with Crippen LogP contribution in [0, 0.1) is 0 Å². The highest BCUT2D eigenvalue weighted by atomic mass is 19.4. The van der Waals surface area contributed by atoms with Gasteiger partial charge < -0.3 is 19.9 Å². The average molecular weight is 440 g/mol. The second kappa shape index (κ2) is 8.14. The third-order valence-corrected chi connectivity index (χ3v) is 4.89. The summed E-state index contributed by atoms with van der Waals surface area (Å²) in [5.41, 5.74) is 0.0972. The molecule has 2 N–H and O–H groups in total. The summed E-state index contributed by atoms with van der Waals surface area (Å²) in [6.07, 6.45) is -7.38. The highest BCUT2D eigenvalue weighted by Crippen LogP contribution is 2.36. The highest BCUT2D eigenvalue weighted by molar-refractivity contribution is 6.07. The number of morpholine rings is 1. The monoisotopic (exact) mass is 440 g/mol. The van der Waals surface area contributed by atoms with Crippen molar-refractivity contribution in [3.63, 3.8) is 0 Å². The quantitative estimate of drug-likeness (QED) is 0.582. The lowest BCUT2D eigenvalue weighted by Crippen LogP contribution is -2.36. The molecule has 164 valence electrons. The van der Waals surface area contributed by atoms with Gasteiger partial charge in [-0.25, -0.2) is 13.8 Å². The number of hydrogen-bond donors (Lipinski definition) is 2. The van der Waals surface area contributed by atoms with Crippen molar-refractivity contribution in [3.05, 3.63) is 53.3 Å². The number of aromatic amines is 1. The molecule has 0 unspecified atom stereocenters. The molecule has 11 heteroatoms. The summed E-state index contributed by atoms with van der Waals surface area (Å²) in [6, 6.07) is 7.25. The fourth-order valence-corrected chi connectivity index (χ4v) is 3.36. The van der Waals surface area contributed by atoms with Gasteiger partial charge in [0, 0.05) is 18.7 Å². The van der Waals surface area contributed by atoms with Gasteiger partial charge in [-0.15, -0.1) is 0 Å². The highest BCUT2D eigenvalue weighted by Gasteiger charge is 2.32. The first-order valence-electron chi connectivity index (χ1n) is 9.35. The number of hydrogen-bond acceptors (Lipinski definition) is 4. The second-order valence-corrected chi connectivity index (χ2v) is 6.94. The van der Waals surface area contributed by atoms with Gasteiger partial charge in [0.05, 0.1) is 41.2 Å². The number of imidazole rings is 1. The maximum Gasteiger partial charge on any atom is 0.416 e. The molecule has 0 bridgehead atoms. The normalized spacial score (nSPS) is 15.0. The number of rotatable bonds is 4. The number of H-pyrrole nitrogens is 1. The van der Waals surface area contributed by atoms with Crippen molar-refractivity contribution in [2.24, 2.45) is 0 Å². The van der Waals surface area contributed by atoms with E-state index in [9.17, 15) is 26.7 Å². The van der Waals surface area contributed by atoms with E-state index < -0.39 is 29.9 Å². The molecule has 1 amide bonds. The molecule has 4 rings (SSSR count). The Bertz CT molecular complexity index is 1110. The molecule has 0 aliphatic carbocycles. The lowest BCUT2D eigenvalue weighted by atomic mass is 10.1. The summed E-state index contributed by atoms with van der Waals surface area (Å²) < 4.78 is 70.6. The number of benzene rings is 2. The Morgan fingerprint density at radius 2 is 1.87 bits per heavy atom. The van der Waals surface area contributed by atoms with Crippen molar-refractivity contribution in [1.29, 1.82) is 0 Å². The predicted octanol–water partition coefficient (Wildman–Crippen LogP) is 4.61. The third-order valence-electron chi connectivity index (χ3n) is 4.89. The smallest absolute Gasteiger partial charge is 0.378 e. The summed E-state index contributed by atoms with van der Waals surface area (Å²) >= 11 is 0. The van der Waals surface area contributed by atoms with Gasteiger partial charge in [0.1, 0.15) is 0 Å². The van der Waals surface area contributed by atoms with Crippen LogP contribution in [0.5, 0.6) is 0 Å². The molecule has 31 heavy (non-hydrogen) atoms. The van der Waals surface area contributed by atoms with Gasteiger partial charge in [-0.05, 0) is 36.4 Å². The molecule has 1 fully saturated rings. The average Bonchev–Trinajstić information content (AvgIpc) is 3.17. The first-order valence-corrected chi connectivity index (χ1v) is 9.35. The van der Waals surface area contributed by atoms with E-state index in [4.69, 9.17) is 4.74 Å².